The fraction of sp³-hybridized carbons (Fsp3) is 0.300. The first-order valence-electron chi connectivity index (χ1n) is 9.29. The lowest BCUT2D eigenvalue weighted by Crippen LogP contribution is -2.26. The molecule has 0 fully saturated rings. The van der Waals surface area contributed by atoms with E-state index in [9.17, 15) is 16.8 Å². The molecule has 2 rings (SSSR count). The Morgan fingerprint density at radius 1 is 0.633 bits per heavy atom. The molecule has 0 amide bonds. The van der Waals surface area contributed by atoms with Crippen molar-refractivity contribution in [3.8, 4) is 12.1 Å². The standard InChI is InChI=1S/C20H22N4O4S2/c21-15-17-9-3-5-11-19(17)29(25,26)23-13-7-1-2-8-14-24-30(27,28)20-12-6-4-10-18(20)16-22/h3-6,9-12,23-24H,1-2,7-8,13-14H2. The molecular formula is C20H22N4O4S2. The lowest BCUT2D eigenvalue weighted by Gasteiger charge is -2.09. The lowest BCUT2D eigenvalue weighted by molar-refractivity contribution is 0.562. The van der Waals surface area contributed by atoms with Crippen LogP contribution in [-0.4, -0.2) is 29.9 Å². The molecule has 0 aliphatic rings. The summed E-state index contributed by atoms with van der Waals surface area (Å²) in [5.74, 6) is 0. The van der Waals surface area contributed by atoms with E-state index in [0.717, 1.165) is 0 Å². The average Bonchev–Trinajstić information content (AvgIpc) is 2.75. The van der Waals surface area contributed by atoms with Gasteiger partial charge in [-0.1, -0.05) is 37.1 Å². The summed E-state index contributed by atoms with van der Waals surface area (Å²) < 4.78 is 54.1. The van der Waals surface area contributed by atoms with Gasteiger partial charge in [-0.2, -0.15) is 10.5 Å². The van der Waals surface area contributed by atoms with Gasteiger partial charge in [0.15, 0.2) is 0 Å². The van der Waals surface area contributed by atoms with E-state index >= 15 is 0 Å². The molecule has 10 heteroatoms. The molecule has 0 aromatic heterocycles. The van der Waals surface area contributed by atoms with E-state index in [4.69, 9.17) is 10.5 Å². The molecule has 0 atom stereocenters. The molecule has 0 unspecified atom stereocenters. The summed E-state index contributed by atoms with van der Waals surface area (Å²) in [5.41, 5.74) is 0.186. The quantitative estimate of drug-likeness (QED) is 0.507. The van der Waals surface area contributed by atoms with Crippen molar-refractivity contribution < 1.29 is 16.8 Å². The first kappa shape index (κ1) is 23.5. The van der Waals surface area contributed by atoms with Gasteiger partial charge in [-0.25, -0.2) is 26.3 Å². The van der Waals surface area contributed by atoms with Gasteiger partial charge in [-0.3, -0.25) is 0 Å². The molecule has 0 bridgehead atoms. The Balaban J connectivity index is 1.71. The van der Waals surface area contributed by atoms with E-state index in [-0.39, 0.29) is 34.0 Å². The van der Waals surface area contributed by atoms with Crippen LogP contribution in [0.1, 0.15) is 36.8 Å². The number of rotatable bonds is 11. The van der Waals surface area contributed by atoms with Crippen LogP contribution >= 0.6 is 0 Å². The van der Waals surface area contributed by atoms with E-state index in [1.807, 2.05) is 12.1 Å². The van der Waals surface area contributed by atoms with Gasteiger partial charge in [-0.05, 0) is 37.1 Å². The molecule has 0 spiro atoms. The van der Waals surface area contributed by atoms with Crippen molar-refractivity contribution in [2.24, 2.45) is 0 Å². The molecule has 30 heavy (non-hydrogen) atoms. The van der Waals surface area contributed by atoms with Crippen LogP contribution in [0.4, 0.5) is 0 Å². The maximum absolute atomic E-state index is 12.3. The van der Waals surface area contributed by atoms with E-state index in [1.54, 1.807) is 24.3 Å². The molecule has 0 heterocycles. The zero-order valence-electron chi connectivity index (χ0n) is 16.2. The fourth-order valence-corrected chi connectivity index (χ4v) is 5.22. The summed E-state index contributed by atoms with van der Waals surface area (Å²) in [5, 5.41) is 18.1. The van der Waals surface area contributed by atoms with Crippen LogP contribution in [0.2, 0.25) is 0 Å². The normalized spacial score (nSPS) is 11.5. The van der Waals surface area contributed by atoms with Crippen molar-refractivity contribution in [3.63, 3.8) is 0 Å². The molecule has 158 valence electrons. The first-order chi connectivity index (χ1) is 14.3. The second kappa shape index (κ2) is 10.9. The Kier molecular flexibility index (Phi) is 8.51. The predicted octanol–water partition coefficient (Wildman–Crippen LogP) is 2.25. The minimum Gasteiger partial charge on any atom is -0.211 e. The van der Waals surface area contributed by atoms with Crippen molar-refractivity contribution in [1.29, 1.82) is 10.5 Å². The highest BCUT2D eigenvalue weighted by atomic mass is 32.2. The number of nitrogens with zero attached hydrogens (tertiary/aromatic N) is 2. The summed E-state index contributed by atoms with van der Waals surface area (Å²) >= 11 is 0. The number of nitrogens with one attached hydrogen (secondary N) is 2. The number of benzene rings is 2. The number of hydrogen-bond acceptors (Lipinski definition) is 6. The highest BCUT2D eigenvalue weighted by Gasteiger charge is 2.18. The van der Waals surface area contributed by atoms with Crippen LogP contribution in [0.25, 0.3) is 0 Å². The molecule has 2 N–H and O–H groups in total. The number of nitriles is 2. The molecule has 0 radical (unpaired) electrons. The average molecular weight is 447 g/mol. The minimum absolute atomic E-state index is 0.0421. The van der Waals surface area contributed by atoms with Crippen LogP contribution in [0, 0.1) is 22.7 Å². The maximum atomic E-state index is 12.3. The third-order valence-electron chi connectivity index (χ3n) is 4.28. The summed E-state index contributed by atoms with van der Waals surface area (Å²) in [4.78, 5) is -0.0842. The summed E-state index contributed by atoms with van der Waals surface area (Å²) in [6.45, 7) is 0.451. The molecule has 2 aromatic rings. The molecule has 0 aliphatic heterocycles. The second-order valence-electron chi connectivity index (χ2n) is 6.43. The molecule has 0 saturated heterocycles. The van der Waals surface area contributed by atoms with Gasteiger partial charge in [-0.15, -0.1) is 0 Å². The van der Waals surface area contributed by atoms with E-state index in [0.29, 0.717) is 25.7 Å². The molecular weight excluding hydrogens is 424 g/mol. The Bertz CT molecular complexity index is 1070. The van der Waals surface area contributed by atoms with Gasteiger partial charge in [0.2, 0.25) is 20.0 Å². The monoisotopic (exact) mass is 446 g/mol. The van der Waals surface area contributed by atoms with Gasteiger partial charge in [0, 0.05) is 13.1 Å². The molecule has 8 nitrogen and oxygen atoms in total. The first-order valence-corrected chi connectivity index (χ1v) is 12.3. The maximum Gasteiger partial charge on any atom is 0.241 e. The van der Waals surface area contributed by atoms with Crippen molar-refractivity contribution in [3.05, 3.63) is 59.7 Å². The fourth-order valence-electron chi connectivity index (χ4n) is 2.76. The Labute approximate surface area is 177 Å². The Morgan fingerprint density at radius 2 is 1.00 bits per heavy atom. The minimum atomic E-state index is -3.75. The zero-order chi connectivity index (χ0) is 22.0. The van der Waals surface area contributed by atoms with Gasteiger partial charge in [0.1, 0.15) is 12.1 Å². The highest BCUT2D eigenvalue weighted by Crippen LogP contribution is 2.15. The largest absolute Gasteiger partial charge is 0.241 e. The third kappa shape index (κ3) is 6.37. The van der Waals surface area contributed by atoms with Crippen LogP contribution in [-0.2, 0) is 20.0 Å². The summed E-state index contributed by atoms with van der Waals surface area (Å²) in [6.07, 6.45) is 2.58. The summed E-state index contributed by atoms with van der Waals surface area (Å²) in [6, 6.07) is 15.7. The van der Waals surface area contributed by atoms with E-state index in [2.05, 4.69) is 9.44 Å². The van der Waals surface area contributed by atoms with Gasteiger partial charge in [0.05, 0.1) is 20.9 Å². The number of unbranched alkanes of at least 4 members (excludes halogenated alkanes) is 3. The lowest BCUT2D eigenvalue weighted by atomic mass is 10.2. The highest BCUT2D eigenvalue weighted by molar-refractivity contribution is 7.89. The molecule has 2 aromatic carbocycles. The summed E-state index contributed by atoms with van der Waals surface area (Å²) in [7, 11) is -7.50. The number of sulfonamides is 2. The SMILES string of the molecule is N#Cc1ccccc1S(=O)(=O)NCCCCCCNS(=O)(=O)c1ccccc1C#N. The van der Waals surface area contributed by atoms with Crippen molar-refractivity contribution in [1.82, 2.24) is 9.44 Å². The van der Waals surface area contributed by atoms with E-state index in [1.165, 1.54) is 24.3 Å². The topological polar surface area (TPSA) is 140 Å². The van der Waals surface area contributed by atoms with Crippen LogP contribution in [0.3, 0.4) is 0 Å². The second-order valence-corrected chi connectivity index (χ2v) is 9.90. The van der Waals surface area contributed by atoms with Crippen molar-refractivity contribution in [2.45, 2.75) is 35.5 Å². The molecule has 0 aliphatic carbocycles. The Hall–Kier alpha value is -2.76. The van der Waals surface area contributed by atoms with Crippen LogP contribution in [0.5, 0.6) is 0 Å². The van der Waals surface area contributed by atoms with Gasteiger partial charge in [0.25, 0.3) is 0 Å². The zero-order valence-corrected chi connectivity index (χ0v) is 17.8. The third-order valence-corrected chi connectivity index (χ3v) is 7.32. The Morgan fingerprint density at radius 3 is 1.37 bits per heavy atom. The van der Waals surface area contributed by atoms with E-state index < -0.39 is 20.0 Å². The van der Waals surface area contributed by atoms with Gasteiger partial charge >= 0.3 is 0 Å². The smallest absolute Gasteiger partial charge is 0.211 e. The van der Waals surface area contributed by atoms with Crippen LogP contribution < -0.4 is 9.44 Å². The number of hydrogen-bond donors (Lipinski definition) is 2. The van der Waals surface area contributed by atoms with Crippen LogP contribution in [0.15, 0.2) is 58.3 Å². The van der Waals surface area contributed by atoms with Gasteiger partial charge < -0.3 is 0 Å². The van der Waals surface area contributed by atoms with Crippen molar-refractivity contribution in [2.75, 3.05) is 13.1 Å². The predicted molar refractivity (Wildman–Crippen MR) is 111 cm³/mol. The molecule has 0 saturated carbocycles. The van der Waals surface area contributed by atoms with Crippen molar-refractivity contribution >= 4 is 20.0 Å².